The van der Waals surface area contributed by atoms with E-state index >= 15 is 0 Å². The Morgan fingerprint density at radius 3 is 2.61 bits per heavy atom. The van der Waals surface area contributed by atoms with Gasteiger partial charge < -0.3 is 14.0 Å². The lowest BCUT2D eigenvalue weighted by Gasteiger charge is -2.42. The van der Waals surface area contributed by atoms with Crippen molar-refractivity contribution in [2.75, 3.05) is 20.2 Å². The summed E-state index contributed by atoms with van der Waals surface area (Å²) < 4.78 is 13.6. The molecule has 0 N–H and O–H groups in total. The normalized spacial score (nSPS) is 20.2. The van der Waals surface area contributed by atoms with Crippen LogP contribution in [-0.2, 0) is 19.7 Å². The lowest BCUT2D eigenvalue weighted by molar-refractivity contribution is 0.114. The van der Waals surface area contributed by atoms with Crippen molar-refractivity contribution in [3.05, 3.63) is 93.9 Å². The molecule has 2 aromatic carbocycles. The highest BCUT2D eigenvalue weighted by Gasteiger charge is 2.34. The summed E-state index contributed by atoms with van der Waals surface area (Å²) in [6, 6.07) is 22.1. The number of nitrogens with zero attached hydrogens (tertiary/aromatic N) is 2. The molecular weight excluding hydrogens is 388 g/mol. The van der Waals surface area contributed by atoms with E-state index in [0.717, 1.165) is 43.2 Å². The highest BCUT2D eigenvalue weighted by atomic mass is 16.5. The molecule has 0 amide bonds. The van der Waals surface area contributed by atoms with Crippen molar-refractivity contribution in [1.29, 1.82) is 0 Å². The van der Waals surface area contributed by atoms with E-state index in [1.807, 2.05) is 34.9 Å². The molecule has 1 fully saturated rings. The predicted molar refractivity (Wildman–Crippen MR) is 121 cm³/mol. The molecular formula is C26H28N2O3. The molecule has 160 valence electrons. The summed E-state index contributed by atoms with van der Waals surface area (Å²) in [5, 5.41) is 0. The van der Waals surface area contributed by atoms with Crippen LogP contribution in [0.1, 0.15) is 29.2 Å². The van der Waals surface area contributed by atoms with E-state index in [1.54, 1.807) is 13.2 Å². The predicted octanol–water partition coefficient (Wildman–Crippen LogP) is 4.06. The molecule has 3 aromatic rings. The van der Waals surface area contributed by atoms with Crippen LogP contribution in [0.5, 0.6) is 11.5 Å². The van der Waals surface area contributed by atoms with E-state index in [2.05, 4.69) is 35.2 Å². The summed E-state index contributed by atoms with van der Waals surface area (Å²) in [7, 11) is 1.68. The summed E-state index contributed by atoms with van der Waals surface area (Å²) in [4.78, 5) is 14.8. The van der Waals surface area contributed by atoms with Crippen molar-refractivity contribution in [1.82, 2.24) is 9.47 Å². The van der Waals surface area contributed by atoms with Gasteiger partial charge in [0.15, 0.2) is 11.5 Å². The van der Waals surface area contributed by atoms with Crippen LogP contribution in [0.15, 0.2) is 71.5 Å². The first-order valence-electron chi connectivity index (χ1n) is 11.0. The first-order valence-corrected chi connectivity index (χ1v) is 11.0. The Labute approximate surface area is 182 Å². The van der Waals surface area contributed by atoms with Gasteiger partial charge >= 0.3 is 0 Å². The van der Waals surface area contributed by atoms with Gasteiger partial charge in [0, 0.05) is 43.9 Å². The van der Waals surface area contributed by atoms with E-state index < -0.39 is 0 Å². The largest absolute Gasteiger partial charge is 0.493 e. The van der Waals surface area contributed by atoms with E-state index in [1.165, 1.54) is 17.7 Å². The van der Waals surface area contributed by atoms with Crippen LogP contribution in [0.3, 0.4) is 0 Å². The number of hydrogen-bond acceptors (Lipinski definition) is 4. The monoisotopic (exact) mass is 416 g/mol. The van der Waals surface area contributed by atoms with E-state index in [0.29, 0.717) is 18.4 Å². The fourth-order valence-corrected chi connectivity index (χ4v) is 5.05. The Hall–Kier alpha value is -3.05. The second-order valence-corrected chi connectivity index (χ2v) is 8.65. The first kappa shape index (κ1) is 19.9. The van der Waals surface area contributed by atoms with Crippen molar-refractivity contribution < 1.29 is 9.47 Å². The third-order valence-electron chi connectivity index (χ3n) is 6.43. The number of hydrogen-bond donors (Lipinski definition) is 0. The van der Waals surface area contributed by atoms with Gasteiger partial charge in [0.2, 0.25) is 0 Å². The maximum absolute atomic E-state index is 12.3. The second-order valence-electron chi connectivity index (χ2n) is 8.65. The zero-order chi connectivity index (χ0) is 21.2. The number of methoxy groups -OCH3 is 1. The van der Waals surface area contributed by atoms with Gasteiger partial charge in [-0.05, 0) is 41.7 Å². The molecule has 0 aliphatic carbocycles. The molecule has 2 bridgehead atoms. The molecule has 1 saturated heterocycles. The summed E-state index contributed by atoms with van der Waals surface area (Å²) in [5.41, 5.74) is 3.67. The topological polar surface area (TPSA) is 43.7 Å². The maximum Gasteiger partial charge on any atom is 0.250 e. The Kier molecular flexibility index (Phi) is 5.51. The van der Waals surface area contributed by atoms with E-state index in [-0.39, 0.29) is 5.56 Å². The van der Waals surface area contributed by atoms with Crippen molar-refractivity contribution >= 4 is 0 Å². The van der Waals surface area contributed by atoms with Crippen LogP contribution < -0.4 is 15.0 Å². The van der Waals surface area contributed by atoms with Gasteiger partial charge in [0.1, 0.15) is 6.61 Å². The zero-order valence-electron chi connectivity index (χ0n) is 17.9. The van der Waals surface area contributed by atoms with Gasteiger partial charge in [0.05, 0.1) is 7.11 Å². The van der Waals surface area contributed by atoms with Crippen molar-refractivity contribution in [2.24, 2.45) is 5.92 Å². The lowest BCUT2D eigenvalue weighted by atomic mass is 9.83. The van der Waals surface area contributed by atoms with Crippen molar-refractivity contribution in [3.63, 3.8) is 0 Å². The van der Waals surface area contributed by atoms with Crippen LogP contribution in [0.25, 0.3) is 0 Å². The maximum atomic E-state index is 12.3. The highest BCUT2D eigenvalue weighted by molar-refractivity contribution is 5.43. The molecule has 5 heteroatoms. The molecule has 0 spiro atoms. The van der Waals surface area contributed by atoms with Crippen molar-refractivity contribution in [3.8, 4) is 11.5 Å². The second kappa shape index (κ2) is 8.60. The Morgan fingerprint density at radius 2 is 1.77 bits per heavy atom. The van der Waals surface area contributed by atoms with E-state index in [9.17, 15) is 4.79 Å². The van der Waals surface area contributed by atoms with Crippen LogP contribution in [-0.4, -0.2) is 29.7 Å². The van der Waals surface area contributed by atoms with Crippen molar-refractivity contribution in [2.45, 2.75) is 32.0 Å². The van der Waals surface area contributed by atoms with Gasteiger partial charge in [-0.25, -0.2) is 0 Å². The van der Waals surface area contributed by atoms with Gasteiger partial charge in [0.25, 0.3) is 5.56 Å². The van der Waals surface area contributed by atoms with Gasteiger partial charge in [-0.3, -0.25) is 9.69 Å². The first-order chi connectivity index (χ1) is 15.2. The Bertz CT molecular complexity index is 1110. The SMILES string of the molecule is COc1ccc(CN2C[C@@H]3C[C@H](C2)c2cccc(=O)n2C3)cc1OCc1ccccc1. The Balaban J connectivity index is 1.31. The minimum atomic E-state index is 0.135. The van der Waals surface area contributed by atoms with Gasteiger partial charge in [-0.1, -0.05) is 42.5 Å². The minimum Gasteiger partial charge on any atom is -0.493 e. The standard InChI is InChI=1S/C26H28N2O3/c1-30-24-11-10-20(13-25(24)31-18-19-6-3-2-4-7-19)14-27-15-21-12-22(17-27)23-8-5-9-26(29)28(23)16-21/h2-11,13,21-22H,12,14-18H2,1H3/t21-,22+/m0/s1. The van der Waals surface area contributed by atoms with Crippen LogP contribution >= 0.6 is 0 Å². The lowest BCUT2D eigenvalue weighted by Crippen LogP contribution is -2.46. The molecule has 2 aliphatic rings. The fraction of sp³-hybridized carbons (Fsp3) is 0.346. The Morgan fingerprint density at radius 1 is 0.903 bits per heavy atom. The van der Waals surface area contributed by atoms with Gasteiger partial charge in [-0.2, -0.15) is 0 Å². The average Bonchev–Trinajstić information content (AvgIpc) is 2.79. The highest BCUT2D eigenvalue weighted by Crippen LogP contribution is 2.36. The molecule has 5 nitrogen and oxygen atoms in total. The van der Waals surface area contributed by atoms with Crippen LogP contribution in [0, 0.1) is 5.92 Å². The molecule has 2 aliphatic heterocycles. The van der Waals surface area contributed by atoms with Crippen LogP contribution in [0.4, 0.5) is 0 Å². The quantitative estimate of drug-likeness (QED) is 0.608. The zero-order valence-corrected chi connectivity index (χ0v) is 17.9. The number of pyridine rings is 1. The average molecular weight is 417 g/mol. The van der Waals surface area contributed by atoms with Gasteiger partial charge in [-0.15, -0.1) is 0 Å². The molecule has 0 saturated carbocycles. The summed E-state index contributed by atoms with van der Waals surface area (Å²) in [6.45, 7) is 4.21. The third kappa shape index (κ3) is 4.23. The number of benzene rings is 2. The number of rotatable bonds is 6. The number of likely N-dealkylation sites (tertiary alicyclic amines) is 1. The molecule has 3 heterocycles. The summed E-state index contributed by atoms with van der Waals surface area (Å²) in [6.07, 6.45) is 1.17. The number of piperidine rings is 1. The molecule has 1 aromatic heterocycles. The molecule has 5 rings (SSSR count). The molecule has 2 atom stereocenters. The molecule has 0 radical (unpaired) electrons. The number of aromatic nitrogens is 1. The summed E-state index contributed by atoms with van der Waals surface area (Å²) >= 11 is 0. The fourth-order valence-electron chi connectivity index (χ4n) is 5.05. The number of ether oxygens (including phenoxy) is 2. The minimum absolute atomic E-state index is 0.135. The van der Waals surface area contributed by atoms with E-state index in [4.69, 9.17) is 9.47 Å². The third-order valence-corrected chi connectivity index (χ3v) is 6.43. The number of fused-ring (bicyclic) bond motifs is 4. The smallest absolute Gasteiger partial charge is 0.250 e. The molecule has 0 unspecified atom stereocenters. The molecule has 31 heavy (non-hydrogen) atoms. The van der Waals surface area contributed by atoms with Crippen LogP contribution in [0.2, 0.25) is 0 Å². The summed E-state index contributed by atoms with van der Waals surface area (Å²) in [5.74, 6) is 2.48.